The highest BCUT2D eigenvalue weighted by Gasteiger charge is 2.19. The minimum absolute atomic E-state index is 0.240. The van der Waals surface area contributed by atoms with Crippen molar-refractivity contribution in [2.45, 2.75) is 6.23 Å². The second-order valence-electron chi connectivity index (χ2n) is 3.40. The molecule has 0 aliphatic carbocycles. The number of benzene rings is 1. The van der Waals surface area contributed by atoms with Crippen molar-refractivity contribution in [1.29, 1.82) is 0 Å². The van der Waals surface area contributed by atoms with Gasteiger partial charge < -0.3 is 10.2 Å². The molecule has 2 heterocycles. The van der Waals surface area contributed by atoms with E-state index < -0.39 is 6.23 Å². The van der Waals surface area contributed by atoms with E-state index in [1.165, 1.54) is 23.1 Å². The molecule has 1 aliphatic heterocycles. The molecule has 4 nitrogen and oxygen atoms in total. The topological polar surface area (TPSA) is 65.7 Å². The number of aliphatic imine (C=N–C) groups is 1. The summed E-state index contributed by atoms with van der Waals surface area (Å²) in [5, 5.41) is 20.3. The molecule has 1 aromatic heterocycles. The van der Waals surface area contributed by atoms with E-state index in [-0.39, 0.29) is 5.75 Å². The van der Waals surface area contributed by atoms with E-state index in [0.29, 0.717) is 5.75 Å². The molecule has 0 amide bonds. The van der Waals surface area contributed by atoms with Gasteiger partial charge in [0.15, 0.2) is 6.23 Å². The Labute approximate surface area is 99.7 Å². The number of hydrogen-bond acceptors (Lipinski definition) is 6. The van der Waals surface area contributed by atoms with Crippen LogP contribution in [0.25, 0.3) is 10.2 Å². The summed E-state index contributed by atoms with van der Waals surface area (Å²) in [7, 11) is 0. The lowest BCUT2D eigenvalue weighted by atomic mass is 10.3. The zero-order valence-electron chi connectivity index (χ0n) is 8.12. The van der Waals surface area contributed by atoms with E-state index in [0.717, 1.165) is 20.3 Å². The van der Waals surface area contributed by atoms with Crippen molar-refractivity contribution in [3.05, 3.63) is 23.2 Å². The molecule has 0 saturated carbocycles. The van der Waals surface area contributed by atoms with E-state index in [1.807, 2.05) is 0 Å². The first kappa shape index (κ1) is 10.1. The third kappa shape index (κ3) is 1.68. The monoisotopic (exact) mass is 252 g/mol. The van der Waals surface area contributed by atoms with Gasteiger partial charge in [-0.1, -0.05) is 11.8 Å². The fourth-order valence-electron chi connectivity index (χ4n) is 1.49. The molecule has 0 fully saturated rings. The number of thiazole rings is 1. The van der Waals surface area contributed by atoms with Crippen molar-refractivity contribution in [1.82, 2.24) is 4.98 Å². The first-order valence-corrected chi connectivity index (χ1v) is 6.51. The van der Waals surface area contributed by atoms with Crippen LogP contribution < -0.4 is 0 Å². The largest absolute Gasteiger partial charge is 0.508 e. The van der Waals surface area contributed by atoms with Gasteiger partial charge >= 0.3 is 0 Å². The average Bonchev–Trinajstić information content (AvgIpc) is 2.83. The number of fused-ring (bicyclic) bond motifs is 1. The van der Waals surface area contributed by atoms with Crippen LogP contribution >= 0.6 is 23.1 Å². The molecule has 0 spiro atoms. The molecule has 2 aromatic rings. The number of phenols is 1. The summed E-state index contributed by atoms with van der Waals surface area (Å²) in [5.74, 6) is 0.833. The van der Waals surface area contributed by atoms with E-state index in [2.05, 4.69) is 9.98 Å². The van der Waals surface area contributed by atoms with Gasteiger partial charge in [-0.15, -0.1) is 11.3 Å². The molecule has 0 saturated heterocycles. The Morgan fingerprint density at radius 3 is 3.00 bits per heavy atom. The molecular formula is C10H8N2O2S2. The van der Waals surface area contributed by atoms with E-state index in [9.17, 15) is 10.2 Å². The van der Waals surface area contributed by atoms with Crippen molar-refractivity contribution in [2.24, 2.45) is 4.99 Å². The Morgan fingerprint density at radius 2 is 2.25 bits per heavy atom. The maximum Gasteiger partial charge on any atom is 0.155 e. The fraction of sp³-hybridized carbons (Fsp3) is 0.200. The van der Waals surface area contributed by atoms with Crippen LogP contribution in [-0.2, 0) is 0 Å². The molecule has 1 atom stereocenters. The van der Waals surface area contributed by atoms with Gasteiger partial charge in [0.1, 0.15) is 15.8 Å². The second kappa shape index (κ2) is 3.73. The molecule has 1 aliphatic rings. The number of rotatable bonds is 1. The Kier molecular flexibility index (Phi) is 2.34. The summed E-state index contributed by atoms with van der Waals surface area (Å²) < 4.78 is 0.930. The van der Waals surface area contributed by atoms with Crippen molar-refractivity contribution < 1.29 is 10.2 Å². The zero-order chi connectivity index (χ0) is 11.1. The van der Waals surface area contributed by atoms with Gasteiger partial charge in [-0.25, -0.2) is 9.98 Å². The highest BCUT2D eigenvalue weighted by atomic mass is 32.2. The SMILES string of the molecule is Oc1ccc2nc(C3=NC(O)CS3)sc2c1. The minimum Gasteiger partial charge on any atom is -0.508 e. The van der Waals surface area contributed by atoms with Gasteiger partial charge in [-0.2, -0.15) is 0 Å². The van der Waals surface area contributed by atoms with Crippen LogP contribution in [0.5, 0.6) is 5.75 Å². The Bertz CT molecular complexity index is 579. The molecule has 0 radical (unpaired) electrons. The van der Waals surface area contributed by atoms with Gasteiger partial charge in [-0.05, 0) is 18.2 Å². The predicted molar refractivity (Wildman–Crippen MR) is 66.3 cm³/mol. The van der Waals surface area contributed by atoms with E-state index >= 15 is 0 Å². The van der Waals surface area contributed by atoms with Crippen molar-refractivity contribution >= 4 is 38.4 Å². The third-order valence-electron chi connectivity index (χ3n) is 2.19. The standard InChI is InChI=1S/C10H8N2O2S2/c13-5-1-2-6-7(3-5)16-10(11-6)9-12-8(14)4-15-9/h1-3,8,13-14H,4H2. The molecule has 1 aromatic carbocycles. The Hall–Kier alpha value is -1.11. The van der Waals surface area contributed by atoms with Crippen molar-refractivity contribution in [2.75, 3.05) is 5.75 Å². The van der Waals surface area contributed by atoms with E-state index in [4.69, 9.17) is 0 Å². The number of hydrogen-bond donors (Lipinski definition) is 2. The summed E-state index contributed by atoms with van der Waals surface area (Å²) in [5.41, 5.74) is 0.850. The van der Waals surface area contributed by atoms with Crippen LogP contribution in [0, 0.1) is 0 Å². The summed E-state index contributed by atoms with van der Waals surface area (Å²) in [6.45, 7) is 0. The van der Waals surface area contributed by atoms with Gasteiger partial charge in [0.2, 0.25) is 0 Å². The number of aromatic hydroxyl groups is 1. The normalized spacial score (nSPS) is 20.3. The maximum atomic E-state index is 9.35. The first-order chi connectivity index (χ1) is 7.72. The van der Waals surface area contributed by atoms with Crippen molar-refractivity contribution in [3.8, 4) is 5.75 Å². The third-order valence-corrected chi connectivity index (χ3v) is 4.38. The summed E-state index contributed by atoms with van der Waals surface area (Å²) in [6.07, 6.45) is -0.611. The Morgan fingerprint density at radius 1 is 1.38 bits per heavy atom. The smallest absolute Gasteiger partial charge is 0.155 e. The lowest BCUT2D eigenvalue weighted by Crippen LogP contribution is -1.98. The van der Waals surface area contributed by atoms with Gasteiger partial charge in [-0.3, -0.25) is 0 Å². The minimum atomic E-state index is -0.611. The van der Waals surface area contributed by atoms with Crippen LogP contribution in [0.15, 0.2) is 23.2 Å². The van der Waals surface area contributed by atoms with Gasteiger partial charge in [0, 0.05) is 5.75 Å². The zero-order valence-corrected chi connectivity index (χ0v) is 9.75. The molecule has 3 rings (SSSR count). The van der Waals surface area contributed by atoms with Gasteiger partial charge in [0.25, 0.3) is 0 Å². The van der Waals surface area contributed by atoms with Crippen LogP contribution in [0.3, 0.4) is 0 Å². The molecular weight excluding hydrogens is 244 g/mol. The molecule has 2 N–H and O–H groups in total. The maximum absolute atomic E-state index is 9.35. The van der Waals surface area contributed by atoms with Gasteiger partial charge in [0.05, 0.1) is 10.2 Å². The number of nitrogens with zero attached hydrogens (tertiary/aromatic N) is 2. The van der Waals surface area contributed by atoms with Crippen LogP contribution in [0.2, 0.25) is 0 Å². The van der Waals surface area contributed by atoms with Crippen LogP contribution in [0.4, 0.5) is 0 Å². The molecule has 16 heavy (non-hydrogen) atoms. The van der Waals surface area contributed by atoms with E-state index in [1.54, 1.807) is 18.2 Å². The Balaban J connectivity index is 2.09. The summed E-state index contributed by atoms with van der Waals surface area (Å²) >= 11 is 2.99. The average molecular weight is 252 g/mol. The number of phenolic OH excluding ortho intramolecular Hbond substituents is 1. The van der Waals surface area contributed by atoms with Crippen LogP contribution in [0.1, 0.15) is 5.01 Å². The molecule has 82 valence electrons. The molecule has 1 unspecified atom stereocenters. The lowest BCUT2D eigenvalue weighted by Gasteiger charge is -1.88. The fourth-order valence-corrected chi connectivity index (χ4v) is 3.42. The second-order valence-corrected chi connectivity index (χ2v) is 5.44. The highest BCUT2D eigenvalue weighted by molar-refractivity contribution is 8.15. The summed E-state index contributed by atoms with van der Waals surface area (Å²) in [4.78, 5) is 8.51. The number of aromatic nitrogens is 1. The predicted octanol–water partition coefficient (Wildman–Crippen LogP) is 1.81. The molecule has 6 heteroatoms. The quantitative estimate of drug-likeness (QED) is 0.812. The number of thioether (sulfide) groups is 1. The number of aliphatic hydroxyl groups excluding tert-OH is 1. The molecule has 0 bridgehead atoms. The van der Waals surface area contributed by atoms with Crippen LogP contribution in [-0.4, -0.2) is 32.2 Å². The van der Waals surface area contributed by atoms with Crippen molar-refractivity contribution in [3.63, 3.8) is 0 Å². The summed E-state index contributed by atoms with van der Waals surface area (Å²) in [6, 6.07) is 5.08. The highest BCUT2D eigenvalue weighted by Crippen LogP contribution is 2.30. The first-order valence-electron chi connectivity index (χ1n) is 4.71. The number of aliphatic hydroxyl groups is 1. The lowest BCUT2D eigenvalue weighted by molar-refractivity contribution is 0.213.